The number of hydrogen-bond donors (Lipinski definition) is 1. The van der Waals surface area contributed by atoms with Gasteiger partial charge in [0.15, 0.2) is 15.8 Å². The van der Waals surface area contributed by atoms with Crippen molar-refractivity contribution < 1.29 is 13.2 Å². The number of halogens is 1. The van der Waals surface area contributed by atoms with Crippen LogP contribution in [-0.4, -0.2) is 49.4 Å². The lowest BCUT2D eigenvalue weighted by Crippen LogP contribution is -2.57. The van der Waals surface area contributed by atoms with Gasteiger partial charge in [-0.05, 0) is 44.0 Å². The molecule has 1 saturated heterocycles. The molecule has 31 heavy (non-hydrogen) atoms. The van der Waals surface area contributed by atoms with E-state index in [2.05, 4.69) is 29.6 Å². The van der Waals surface area contributed by atoms with Crippen molar-refractivity contribution in [3.8, 4) is 5.75 Å². The summed E-state index contributed by atoms with van der Waals surface area (Å²) in [5, 5.41) is 3.30. The van der Waals surface area contributed by atoms with E-state index in [9.17, 15) is 8.42 Å². The van der Waals surface area contributed by atoms with Gasteiger partial charge in [-0.1, -0.05) is 42.5 Å². The summed E-state index contributed by atoms with van der Waals surface area (Å²) in [6.45, 7) is 8.29. The molecule has 0 aromatic heterocycles. The first kappa shape index (κ1) is 25.5. The quantitative estimate of drug-likeness (QED) is 0.332. The van der Waals surface area contributed by atoms with E-state index < -0.39 is 14.6 Å². The lowest BCUT2D eigenvalue weighted by Gasteiger charge is -2.39. The number of guanidine groups is 1. The fraction of sp³-hybridized carbons (Fsp3) is 0.435. The second-order valence-electron chi connectivity index (χ2n) is 8.09. The Bertz CT molecular complexity index is 961. The summed E-state index contributed by atoms with van der Waals surface area (Å²) in [6, 6.07) is 18.0. The number of para-hydroxylation sites is 1. The predicted molar refractivity (Wildman–Crippen MR) is 137 cm³/mol. The zero-order valence-electron chi connectivity index (χ0n) is 18.4. The molecule has 1 aliphatic rings. The maximum absolute atomic E-state index is 12.3. The normalized spacial score (nSPS) is 17.5. The molecule has 1 fully saturated rings. The fourth-order valence-corrected chi connectivity index (χ4v) is 4.71. The zero-order chi connectivity index (χ0) is 21.6. The topological polar surface area (TPSA) is 71.0 Å². The molecule has 3 rings (SSSR count). The molecule has 1 N–H and O–H groups in total. The van der Waals surface area contributed by atoms with Crippen LogP contribution in [0.15, 0.2) is 59.6 Å². The number of hydrogen-bond acceptors (Lipinski definition) is 4. The van der Waals surface area contributed by atoms with Gasteiger partial charge in [0.1, 0.15) is 12.4 Å². The van der Waals surface area contributed by atoms with Gasteiger partial charge in [-0.3, -0.25) is 0 Å². The van der Waals surface area contributed by atoms with E-state index in [1.807, 2.05) is 42.2 Å². The van der Waals surface area contributed by atoms with Crippen LogP contribution in [0.4, 0.5) is 0 Å². The number of nitrogens with zero attached hydrogens (tertiary/aromatic N) is 2. The molecule has 0 unspecified atom stereocenters. The molecule has 8 heteroatoms. The van der Waals surface area contributed by atoms with Gasteiger partial charge in [-0.25, -0.2) is 13.4 Å². The average Bonchev–Trinajstić information content (AvgIpc) is 2.73. The molecule has 0 spiro atoms. The van der Waals surface area contributed by atoms with E-state index in [4.69, 9.17) is 9.73 Å². The van der Waals surface area contributed by atoms with Gasteiger partial charge >= 0.3 is 0 Å². The Morgan fingerprint density at radius 2 is 1.74 bits per heavy atom. The summed E-state index contributed by atoms with van der Waals surface area (Å²) in [5.41, 5.74) is 2.19. The van der Waals surface area contributed by atoms with Gasteiger partial charge in [0, 0.05) is 19.6 Å². The maximum atomic E-state index is 12.3. The van der Waals surface area contributed by atoms with Crippen molar-refractivity contribution >= 4 is 39.8 Å². The molecule has 2 aromatic rings. The molecule has 0 bridgehead atoms. The van der Waals surface area contributed by atoms with Crippen molar-refractivity contribution in [1.82, 2.24) is 10.2 Å². The standard InChI is InChI=1S/C23H31N3O3S.HI/c1-4-24-22(26-14-15-30(27,28)23(2,3)18-26)25-16-19-10-12-20(13-11-19)17-29-21-8-6-5-7-9-21;/h5-13H,4,14-18H2,1-3H3,(H,24,25);1H. The van der Waals surface area contributed by atoms with Crippen LogP contribution in [0.5, 0.6) is 5.75 Å². The third-order valence-corrected chi connectivity index (χ3v) is 7.79. The van der Waals surface area contributed by atoms with Crippen LogP contribution >= 0.6 is 24.0 Å². The number of benzene rings is 2. The Balaban J connectivity index is 0.00000341. The number of ether oxygens (including phenoxy) is 1. The molecular weight excluding hydrogens is 525 g/mol. The second kappa shape index (κ2) is 11.2. The Morgan fingerprint density at radius 1 is 1.10 bits per heavy atom. The SMILES string of the molecule is CCNC(=NCc1ccc(COc2ccccc2)cc1)N1CCS(=O)(=O)C(C)(C)C1.I. The van der Waals surface area contributed by atoms with Gasteiger partial charge in [0.25, 0.3) is 0 Å². The van der Waals surface area contributed by atoms with Crippen LogP contribution in [0.2, 0.25) is 0 Å². The van der Waals surface area contributed by atoms with Gasteiger partial charge in [0.2, 0.25) is 0 Å². The van der Waals surface area contributed by atoms with Crippen LogP contribution in [0.25, 0.3) is 0 Å². The Morgan fingerprint density at radius 3 is 2.35 bits per heavy atom. The molecule has 1 aliphatic heterocycles. The van der Waals surface area contributed by atoms with Gasteiger partial charge in [-0.2, -0.15) is 0 Å². The van der Waals surface area contributed by atoms with E-state index in [1.165, 1.54) is 0 Å². The zero-order valence-corrected chi connectivity index (χ0v) is 21.5. The van der Waals surface area contributed by atoms with E-state index in [0.29, 0.717) is 26.2 Å². The second-order valence-corrected chi connectivity index (χ2v) is 10.8. The minimum atomic E-state index is -3.08. The third-order valence-electron chi connectivity index (χ3n) is 5.26. The summed E-state index contributed by atoms with van der Waals surface area (Å²) in [6.07, 6.45) is 0. The van der Waals surface area contributed by atoms with Gasteiger partial charge < -0.3 is 15.0 Å². The monoisotopic (exact) mass is 557 g/mol. The highest BCUT2D eigenvalue weighted by molar-refractivity contribution is 14.0. The average molecular weight is 557 g/mol. The molecule has 1 heterocycles. The first-order valence-electron chi connectivity index (χ1n) is 10.3. The Hall–Kier alpha value is -1.81. The van der Waals surface area contributed by atoms with Gasteiger partial charge in [-0.15, -0.1) is 24.0 Å². The van der Waals surface area contributed by atoms with Crippen molar-refractivity contribution in [2.75, 3.05) is 25.4 Å². The molecule has 0 atom stereocenters. The molecule has 0 saturated carbocycles. The van der Waals surface area contributed by atoms with Crippen molar-refractivity contribution in [3.63, 3.8) is 0 Å². The Labute approximate surface area is 203 Å². The van der Waals surface area contributed by atoms with E-state index >= 15 is 0 Å². The maximum Gasteiger partial charge on any atom is 0.194 e. The lowest BCUT2D eigenvalue weighted by atomic mass is 10.1. The van der Waals surface area contributed by atoms with Gasteiger partial charge in [0.05, 0.1) is 17.0 Å². The molecular formula is C23H32IN3O3S. The fourth-order valence-electron chi connectivity index (χ4n) is 3.34. The smallest absolute Gasteiger partial charge is 0.194 e. The summed E-state index contributed by atoms with van der Waals surface area (Å²) in [5.74, 6) is 1.77. The van der Waals surface area contributed by atoms with Crippen LogP contribution in [0.3, 0.4) is 0 Å². The van der Waals surface area contributed by atoms with Crippen molar-refractivity contribution in [1.29, 1.82) is 0 Å². The highest BCUT2D eigenvalue weighted by Gasteiger charge is 2.40. The molecule has 2 aromatic carbocycles. The molecule has 6 nitrogen and oxygen atoms in total. The molecule has 0 amide bonds. The van der Waals surface area contributed by atoms with E-state index in [1.54, 1.807) is 13.8 Å². The minimum absolute atomic E-state index is 0. The first-order chi connectivity index (χ1) is 14.3. The Kier molecular flexibility index (Phi) is 9.17. The van der Waals surface area contributed by atoms with Crippen molar-refractivity contribution in [3.05, 3.63) is 65.7 Å². The highest BCUT2D eigenvalue weighted by atomic mass is 127. The van der Waals surface area contributed by atoms with Crippen molar-refractivity contribution in [2.45, 2.75) is 38.7 Å². The minimum Gasteiger partial charge on any atom is -0.489 e. The van der Waals surface area contributed by atoms with Crippen LogP contribution in [-0.2, 0) is 23.0 Å². The summed E-state index contributed by atoms with van der Waals surface area (Å²) in [7, 11) is -3.08. The van der Waals surface area contributed by atoms with E-state index in [-0.39, 0.29) is 29.7 Å². The third kappa shape index (κ3) is 6.83. The first-order valence-corrected chi connectivity index (χ1v) is 12.0. The van der Waals surface area contributed by atoms with Crippen LogP contribution in [0.1, 0.15) is 31.9 Å². The highest BCUT2D eigenvalue weighted by Crippen LogP contribution is 2.24. The summed E-state index contributed by atoms with van der Waals surface area (Å²) >= 11 is 0. The predicted octanol–water partition coefficient (Wildman–Crippen LogP) is 3.86. The van der Waals surface area contributed by atoms with E-state index in [0.717, 1.165) is 29.4 Å². The lowest BCUT2D eigenvalue weighted by molar-refractivity contribution is 0.306. The number of aliphatic imine (C=N–C) groups is 1. The van der Waals surface area contributed by atoms with Crippen LogP contribution < -0.4 is 10.1 Å². The number of sulfone groups is 1. The molecule has 170 valence electrons. The molecule has 0 aliphatic carbocycles. The largest absolute Gasteiger partial charge is 0.489 e. The summed E-state index contributed by atoms with van der Waals surface area (Å²) < 4.78 is 29.6. The summed E-state index contributed by atoms with van der Waals surface area (Å²) in [4.78, 5) is 6.80. The number of nitrogens with one attached hydrogen (secondary N) is 1. The van der Waals surface area contributed by atoms with Crippen LogP contribution in [0, 0.1) is 0 Å². The number of rotatable bonds is 6. The molecule has 0 radical (unpaired) electrons. The van der Waals surface area contributed by atoms with Crippen molar-refractivity contribution in [2.24, 2.45) is 4.99 Å².